The van der Waals surface area contributed by atoms with Crippen LogP contribution in [0.4, 0.5) is 0 Å². The molecule has 0 aromatic rings. The Morgan fingerprint density at radius 1 is 1.33 bits per heavy atom. The van der Waals surface area contributed by atoms with Crippen LogP contribution in [0, 0.1) is 0 Å². The van der Waals surface area contributed by atoms with Gasteiger partial charge in [0.2, 0.25) is 0 Å². The zero-order valence-corrected chi connectivity index (χ0v) is 5.30. The molecule has 9 heavy (non-hydrogen) atoms. The standard InChI is InChI=1S/C5H3N3S/c1-4-5(8-2-7-4)9-3-6-1/h1-3H. The molecule has 2 heterocycles. The van der Waals surface area contributed by atoms with E-state index in [1.54, 1.807) is 18.0 Å². The summed E-state index contributed by atoms with van der Waals surface area (Å²) in [6.07, 6.45) is 3.25. The zero-order chi connectivity index (χ0) is 6.10. The second-order valence-electron chi connectivity index (χ2n) is 1.57. The monoisotopic (exact) mass is 137 g/mol. The summed E-state index contributed by atoms with van der Waals surface area (Å²) in [4.78, 5) is 11.8. The molecule has 0 aliphatic carbocycles. The first-order valence-corrected chi connectivity index (χ1v) is 3.34. The third-order valence-electron chi connectivity index (χ3n) is 1.01. The SMILES string of the molecule is c1nc2cncsc-2n1. The first-order valence-electron chi connectivity index (χ1n) is 2.46. The van der Waals surface area contributed by atoms with Crippen LogP contribution in [0.25, 0.3) is 10.7 Å². The average molecular weight is 137 g/mol. The third kappa shape index (κ3) is 0.675. The fourth-order valence-corrected chi connectivity index (χ4v) is 1.18. The predicted octanol–water partition coefficient (Wildman–Crippen LogP) is 1.04. The van der Waals surface area contributed by atoms with E-state index in [4.69, 9.17) is 0 Å². The molecule has 0 saturated carbocycles. The lowest BCUT2D eigenvalue weighted by atomic mass is 10.5. The Labute approximate surface area is 55.8 Å². The number of fused-ring (bicyclic) bond motifs is 1. The van der Waals surface area contributed by atoms with Gasteiger partial charge >= 0.3 is 0 Å². The van der Waals surface area contributed by atoms with Gasteiger partial charge in [-0.25, -0.2) is 9.97 Å². The van der Waals surface area contributed by atoms with Crippen molar-refractivity contribution in [2.24, 2.45) is 0 Å². The van der Waals surface area contributed by atoms with E-state index in [0.29, 0.717) is 0 Å². The van der Waals surface area contributed by atoms with Crippen LogP contribution in [0.5, 0.6) is 0 Å². The Hall–Kier alpha value is -1.03. The quantitative estimate of drug-likeness (QED) is 0.544. The van der Waals surface area contributed by atoms with Crippen molar-refractivity contribution >= 4 is 11.3 Å². The Bertz CT molecular complexity index is 252. The van der Waals surface area contributed by atoms with Gasteiger partial charge in [0.05, 0.1) is 11.7 Å². The number of aromatic nitrogens is 3. The second-order valence-corrected chi connectivity index (χ2v) is 2.40. The van der Waals surface area contributed by atoms with Crippen molar-refractivity contribution in [2.75, 3.05) is 0 Å². The molecule has 0 unspecified atom stereocenters. The molecule has 0 amide bonds. The van der Waals surface area contributed by atoms with Gasteiger partial charge in [-0.1, -0.05) is 0 Å². The largest absolute Gasteiger partial charge is 0.252 e. The number of nitrogens with zero attached hydrogens (tertiary/aromatic N) is 3. The molecular formula is C5H3N3S. The van der Waals surface area contributed by atoms with Crippen LogP contribution in [0.1, 0.15) is 0 Å². The Morgan fingerprint density at radius 2 is 2.33 bits per heavy atom. The number of imidazole rings is 1. The van der Waals surface area contributed by atoms with Crippen LogP contribution in [0.3, 0.4) is 0 Å². The van der Waals surface area contributed by atoms with Gasteiger partial charge in [-0.2, -0.15) is 0 Å². The Kier molecular flexibility index (Phi) is 0.927. The minimum absolute atomic E-state index is 0.877. The topological polar surface area (TPSA) is 38.7 Å². The molecule has 0 saturated heterocycles. The fraction of sp³-hybridized carbons (Fsp3) is 0. The molecule has 44 valence electrons. The molecule has 0 bridgehead atoms. The van der Waals surface area contributed by atoms with E-state index >= 15 is 0 Å². The normalized spacial score (nSPS) is 10.2. The van der Waals surface area contributed by atoms with Crippen molar-refractivity contribution in [1.29, 1.82) is 0 Å². The molecule has 3 nitrogen and oxygen atoms in total. The summed E-state index contributed by atoms with van der Waals surface area (Å²) >= 11 is 1.50. The number of rotatable bonds is 0. The highest BCUT2D eigenvalue weighted by Crippen LogP contribution is 2.17. The highest BCUT2D eigenvalue weighted by molar-refractivity contribution is 7.12. The highest BCUT2D eigenvalue weighted by atomic mass is 32.1. The summed E-state index contributed by atoms with van der Waals surface area (Å²) in [6, 6.07) is 0. The Morgan fingerprint density at radius 3 is 3.22 bits per heavy atom. The maximum absolute atomic E-state index is 3.99. The number of hydrogen-bond acceptors (Lipinski definition) is 4. The van der Waals surface area contributed by atoms with Crippen LogP contribution in [-0.2, 0) is 0 Å². The van der Waals surface area contributed by atoms with Crippen molar-refractivity contribution in [3.63, 3.8) is 0 Å². The molecule has 0 aromatic carbocycles. The molecule has 0 spiro atoms. The van der Waals surface area contributed by atoms with E-state index in [2.05, 4.69) is 15.0 Å². The van der Waals surface area contributed by atoms with E-state index in [-0.39, 0.29) is 0 Å². The lowest BCUT2D eigenvalue weighted by Crippen LogP contribution is -1.74. The molecule has 0 atom stereocenters. The molecule has 0 aromatic heterocycles. The van der Waals surface area contributed by atoms with Gasteiger partial charge in [-0.05, 0) is 0 Å². The van der Waals surface area contributed by atoms with Gasteiger partial charge in [0.1, 0.15) is 17.0 Å². The van der Waals surface area contributed by atoms with Gasteiger partial charge in [-0.3, -0.25) is 4.98 Å². The minimum Gasteiger partial charge on any atom is -0.252 e. The summed E-state index contributed by atoms with van der Waals surface area (Å²) in [6.45, 7) is 0. The van der Waals surface area contributed by atoms with Crippen LogP contribution in [0.15, 0.2) is 18.0 Å². The molecule has 4 heteroatoms. The van der Waals surface area contributed by atoms with Crippen molar-refractivity contribution in [1.82, 2.24) is 15.0 Å². The lowest BCUT2D eigenvalue weighted by Gasteiger charge is -1.86. The van der Waals surface area contributed by atoms with Crippen molar-refractivity contribution in [3.05, 3.63) is 18.0 Å². The number of hydrogen-bond donors (Lipinski definition) is 0. The lowest BCUT2D eigenvalue weighted by molar-refractivity contribution is 1.31. The first kappa shape index (κ1) is 4.81. The van der Waals surface area contributed by atoms with E-state index < -0.39 is 0 Å². The van der Waals surface area contributed by atoms with E-state index in [9.17, 15) is 0 Å². The van der Waals surface area contributed by atoms with Gasteiger partial charge in [0, 0.05) is 0 Å². The highest BCUT2D eigenvalue weighted by Gasteiger charge is 2.01. The summed E-state index contributed by atoms with van der Waals surface area (Å²) < 4.78 is 0. The van der Waals surface area contributed by atoms with Gasteiger partial charge in [0.25, 0.3) is 0 Å². The third-order valence-corrected chi connectivity index (χ3v) is 1.78. The zero-order valence-electron chi connectivity index (χ0n) is 4.48. The summed E-state index contributed by atoms with van der Waals surface area (Å²) in [7, 11) is 0. The van der Waals surface area contributed by atoms with Crippen molar-refractivity contribution in [2.45, 2.75) is 0 Å². The molecule has 2 aliphatic rings. The van der Waals surface area contributed by atoms with Crippen LogP contribution in [-0.4, -0.2) is 15.0 Å². The maximum atomic E-state index is 3.99. The molecule has 2 aliphatic heterocycles. The molecule has 2 rings (SSSR count). The second kappa shape index (κ2) is 1.73. The van der Waals surface area contributed by atoms with Crippen molar-refractivity contribution in [3.8, 4) is 10.7 Å². The minimum atomic E-state index is 0.877. The van der Waals surface area contributed by atoms with Crippen LogP contribution < -0.4 is 0 Å². The average Bonchev–Trinajstić information content (AvgIpc) is 2.33. The predicted molar refractivity (Wildman–Crippen MR) is 34.3 cm³/mol. The maximum Gasteiger partial charge on any atom is 0.146 e. The molecule has 0 radical (unpaired) electrons. The molecule has 0 N–H and O–H groups in total. The van der Waals surface area contributed by atoms with E-state index in [1.165, 1.54) is 11.3 Å². The van der Waals surface area contributed by atoms with Crippen molar-refractivity contribution < 1.29 is 0 Å². The Balaban J connectivity index is 2.79. The van der Waals surface area contributed by atoms with Gasteiger partial charge < -0.3 is 0 Å². The summed E-state index contributed by atoms with van der Waals surface area (Å²) in [5.41, 5.74) is 2.62. The van der Waals surface area contributed by atoms with E-state index in [1.807, 2.05) is 0 Å². The van der Waals surface area contributed by atoms with E-state index in [0.717, 1.165) is 10.7 Å². The first-order chi connectivity index (χ1) is 4.47. The summed E-state index contributed by atoms with van der Waals surface area (Å²) in [5.74, 6) is 0. The van der Waals surface area contributed by atoms with Crippen LogP contribution >= 0.6 is 11.3 Å². The van der Waals surface area contributed by atoms with Gasteiger partial charge in [-0.15, -0.1) is 11.3 Å². The smallest absolute Gasteiger partial charge is 0.146 e. The molecular weight excluding hydrogens is 134 g/mol. The fourth-order valence-electron chi connectivity index (χ4n) is 0.626. The molecule has 0 fully saturated rings. The van der Waals surface area contributed by atoms with Gasteiger partial charge in [0.15, 0.2) is 0 Å². The van der Waals surface area contributed by atoms with Crippen LogP contribution in [0.2, 0.25) is 0 Å². The summed E-state index contributed by atoms with van der Waals surface area (Å²) in [5, 5.41) is 0.949.